The van der Waals surface area contributed by atoms with Crippen LogP contribution in [0.5, 0.6) is 0 Å². The van der Waals surface area contributed by atoms with Crippen molar-refractivity contribution < 1.29 is 18.7 Å². The Morgan fingerprint density at radius 3 is 2.50 bits per heavy atom. The van der Waals surface area contributed by atoms with E-state index >= 15 is 0 Å². The number of anilines is 1. The largest absolute Gasteiger partial charge is 0.465 e. The van der Waals surface area contributed by atoms with Gasteiger partial charge in [0.1, 0.15) is 5.58 Å². The summed E-state index contributed by atoms with van der Waals surface area (Å²) in [7, 11) is 1.32. The Hall–Kier alpha value is -2.60. The van der Waals surface area contributed by atoms with Gasteiger partial charge in [-0.15, -0.1) is 0 Å². The number of carbonyl (C=O) groups is 2. The summed E-state index contributed by atoms with van der Waals surface area (Å²) in [6.45, 7) is 1.84. The lowest BCUT2D eigenvalue weighted by molar-refractivity contribution is 0.0600. The van der Waals surface area contributed by atoms with Crippen LogP contribution in [0.25, 0.3) is 11.0 Å². The van der Waals surface area contributed by atoms with Crippen LogP contribution in [-0.2, 0) is 4.74 Å². The van der Waals surface area contributed by atoms with Gasteiger partial charge in [0, 0.05) is 21.1 Å². The van der Waals surface area contributed by atoms with Crippen molar-refractivity contribution in [2.45, 2.75) is 6.92 Å². The number of carbonyl (C=O) groups excluding carboxylic acids is 2. The number of ether oxygens (including phenoxy) is 1. The number of aryl methyl sites for hydroxylation is 1. The number of nitrogens with one attached hydrogen (secondary N) is 1. The zero-order valence-corrected chi connectivity index (χ0v) is 14.6. The minimum atomic E-state index is -0.424. The molecule has 0 spiro atoms. The molecule has 1 N–H and O–H groups in total. The maximum atomic E-state index is 12.5. The molecule has 0 atom stereocenters. The Kier molecular flexibility index (Phi) is 4.40. The maximum Gasteiger partial charge on any atom is 0.337 e. The van der Waals surface area contributed by atoms with Crippen molar-refractivity contribution in [1.82, 2.24) is 0 Å². The predicted molar refractivity (Wildman–Crippen MR) is 94.4 cm³/mol. The van der Waals surface area contributed by atoms with Gasteiger partial charge in [-0.2, -0.15) is 0 Å². The number of halogens is 1. The third-order valence-electron chi connectivity index (χ3n) is 3.67. The van der Waals surface area contributed by atoms with Crippen LogP contribution in [0.1, 0.15) is 26.5 Å². The van der Waals surface area contributed by atoms with E-state index in [4.69, 9.17) is 4.42 Å². The van der Waals surface area contributed by atoms with E-state index in [0.717, 1.165) is 15.4 Å². The number of furan rings is 1. The van der Waals surface area contributed by atoms with Crippen molar-refractivity contribution in [2.75, 3.05) is 12.4 Å². The first-order valence-corrected chi connectivity index (χ1v) is 7.97. The summed E-state index contributed by atoms with van der Waals surface area (Å²) in [6.07, 6.45) is 0. The third-order valence-corrected chi connectivity index (χ3v) is 4.16. The fraction of sp³-hybridized carbons (Fsp3) is 0.111. The number of methoxy groups -OCH3 is 1. The second-order valence-electron chi connectivity index (χ2n) is 5.22. The van der Waals surface area contributed by atoms with Gasteiger partial charge in [-0.25, -0.2) is 4.79 Å². The molecule has 1 aromatic heterocycles. The summed E-state index contributed by atoms with van der Waals surface area (Å²) >= 11 is 3.41. The maximum absolute atomic E-state index is 12.5. The van der Waals surface area contributed by atoms with Crippen LogP contribution in [-0.4, -0.2) is 19.0 Å². The predicted octanol–water partition coefficient (Wildman–Crippen LogP) is 4.54. The normalized spacial score (nSPS) is 10.6. The molecule has 0 bridgehead atoms. The van der Waals surface area contributed by atoms with Gasteiger partial charge in [-0.1, -0.05) is 15.9 Å². The highest BCUT2D eigenvalue weighted by molar-refractivity contribution is 9.10. The molecular weight excluding hydrogens is 374 g/mol. The molecular formula is C18H14BrNO4. The van der Waals surface area contributed by atoms with E-state index in [2.05, 4.69) is 26.0 Å². The van der Waals surface area contributed by atoms with Crippen molar-refractivity contribution >= 4 is 44.5 Å². The molecule has 0 aliphatic heterocycles. The van der Waals surface area contributed by atoms with Gasteiger partial charge in [-0.3, -0.25) is 4.79 Å². The molecule has 0 aliphatic carbocycles. The van der Waals surface area contributed by atoms with E-state index in [0.29, 0.717) is 16.8 Å². The molecule has 24 heavy (non-hydrogen) atoms. The summed E-state index contributed by atoms with van der Waals surface area (Å²) < 4.78 is 11.2. The second-order valence-corrected chi connectivity index (χ2v) is 6.14. The number of hydrogen-bond acceptors (Lipinski definition) is 4. The molecule has 3 rings (SSSR count). The van der Waals surface area contributed by atoms with Crippen LogP contribution in [0.2, 0.25) is 0 Å². The van der Waals surface area contributed by atoms with Crippen molar-refractivity contribution in [2.24, 2.45) is 0 Å². The molecule has 6 heteroatoms. The van der Waals surface area contributed by atoms with Gasteiger partial charge in [-0.05, 0) is 49.4 Å². The molecule has 0 fully saturated rings. The quantitative estimate of drug-likeness (QED) is 0.669. The smallest absolute Gasteiger partial charge is 0.337 e. The first-order valence-electron chi connectivity index (χ1n) is 7.18. The van der Waals surface area contributed by atoms with Gasteiger partial charge >= 0.3 is 5.97 Å². The van der Waals surface area contributed by atoms with E-state index < -0.39 is 5.97 Å². The number of esters is 1. The minimum absolute atomic E-state index is 0.264. The molecule has 5 nitrogen and oxygen atoms in total. The molecule has 0 radical (unpaired) electrons. The van der Waals surface area contributed by atoms with Crippen LogP contribution in [0.3, 0.4) is 0 Å². The van der Waals surface area contributed by atoms with Crippen LogP contribution >= 0.6 is 15.9 Å². The highest BCUT2D eigenvalue weighted by Crippen LogP contribution is 2.28. The number of rotatable bonds is 3. The SMILES string of the molecule is COC(=O)c1ccc(NC(=O)c2oc3ccc(Br)cc3c2C)cc1. The Bertz CT molecular complexity index is 928. The Labute approximate surface area is 146 Å². The topological polar surface area (TPSA) is 68.5 Å². The summed E-state index contributed by atoms with van der Waals surface area (Å²) in [5.41, 5.74) is 2.41. The molecule has 3 aromatic rings. The van der Waals surface area contributed by atoms with E-state index in [1.165, 1.54) is 7.11 Å². The Morgan fingerprint density at radius 2 is 1.83 bits per heavy atom. The minimum Gasteiger partial charge on any atom is -0.465 e. The molecule has 1 heterocycles. The van der Waals surface area contributed by atoms with Crippen LogP contribution in [0.4, 0.5) is 5.69 Å². The lowest BCUT2D eigenvalue weighted by atomic mass is 10.1. The first kappa shape index (κ1) is 16.3. The average Bonchev–Trinajstić information content (AvgIpc) is 2.91. The van der Waals surface area contributed by atoms with Gasteiger partial charge in [0.05, 0.1) is 12.7 Å². The molecule has 122 valence electrons. The summed E-state index contributed by atoms with van der Waals surface area (Å²) in [4.78, 5) is 23.9. The fourth-order valence-electron chi connectivity index (χ4n) is 2.41. The Morgan fingerprint density at radius 1 is 1.12 bits per heavy atom. The third kappa shape index (κ3) is 3.05. The van der Waals surface area contributed by atoms with Crippen molar-refractivity contribution in [1.29, 1.82) is 0 Å². The summed E-state index contributed by atoms with van der Waals surface area (Å²) in [5.74, 6) is -0.502. The van der Waals surface area contributed by atoms with Gasteiger partial charge in [0.15, 0.2) is 5.76 Å². The molecule has 2 aromatic carbocycles. The van der Waals surface area contributed by atoms with E-state index in [-0.39, 0.29) is 11.7 Å². The van der Waals surface area contributed by atoms with E-state index in [1.54, 1.807) is 24.3 Å². The molecule has 0 saturated heterocycles. The van der Waals surface area contributed by atoms with Gasteiger partial charge in [0.25, 0.3) is 5.91 Å². The number of benzene rings is 2. The highest BCUT2D eigenvalue weighted by atomic mass is 79.9. The Balaban J connectivity index is 1.85. The van der Waals surface area contributed by atoms with Crippen molar-refractivity contribution in [3.05, 3.63) is 63.8 Å². The lowest BCUT2D eigenvalue weighted by Crippen LogP contribution is -2.12. The van der Waals surface area contributed by atoms with Crippen LogP contribution < -0.4 is 5.32 Å². The fourth-order valence-corrected chi connectivity index (χ4v) is 2.77. The van der Waals surface area contributed by atoms with Crippen molar-refractivity contribution in [3.63, 3.8) is 0 Å². The van der Waals surface area contributed by atoms with E-state index in [9.17, 15) is 9.59 Å². The monoisotopic (exact) mass is 387 g/mol. The standard InChI is InChI=1S/C18H14BrNO4/c1-10-14-9-12(19)5-8-15(14)24-16(10)17(21)20-13-6-3-11(4-7-13)18(22)23-2/h3-9H,1-2H3,(H,20,21). The zero-order chi connectivity index (χ0) is 17.3. The number of fused-ring (bicyclic) bond motifs is 1. The van der Waals surface area contributed by atoms with Crippen LogP contribution in [0, 0.1) is 6.92 Å². The van der Waals surface area contributed by atoms with Crippen molar-refractivity contribution in [3.8, 4) is 0 Å². The summed E-state index contributed by atoms with van der Waals surface area (Å²) in [5, 5.41) is 3.65. The summed E-state index contributed by atoms with van der Waals surface area (Å²) in [6, 6.07) is 12.0. The zero-order valence-electron chi connectivity index (χ0n) is 13.1. The van der Waals surface area contributed by atoms with Gasteiger partial charge < -0.3 is 14.5 Å². The second kappa shape index (κ2) is 6.49. The van der Waals surface area contributed by atoms with E-state index in [1.807, 2.05) is 25.1 Å². The average molecular weight is 388 g/mol. The molecule has 0 aliphatic rings. The molecule has 1 amide bonds. The van der Waals surface area contributed by atoms with Gasteiger partial charge in [0.2, 0.25) is 0 Å². The molecule has 0 saturated carbocycles. The first-order chi connectivity index (χ1) is 11.5. The molecule has 0 unspecified atom stereocenters. The van der Waals surface area contributed by atoms with Crippen LogP contribution in [0.15, 0.2) is 51.4 Å². The lowest BCUT2D eigenvalue weighted by Gasteiger charge is -2.05. The number of hydrogen-bond donors (Lipinski definition) is 1. The number of amides is 1. The highest BCUT2D eigenvalue weighted by Gasteiger charge is 2.18.